The molecule has 2 aromatic rings. The van der Waals surface area contributed by atoms with E-state index in [1.54, 1.807) is 23.3 Å². The summed E-state index contributed by atoms with van der Waals surface area (Å²) in [5, 5.41) is 4.37. The van der Waals surface area contributed by atoms with E-state index in [0.29, 0.717) is 5.41 Å². The first-order valence-electron chi connectivity index (χ1n) is 8.88. The highest BCUT2D eigenvalue weighted by molar-refractivity contribution is 5.71. The predicted molar refractivity (Wildman–Crippen MR) is 101 cm³/mol. The number of aromatic nitrogens is 3. The summed E-state index contributed by atoms with van der Waals surface area (Å²) in [6, 6.07) is 3.85. The van der Waals surface area contributed by atoms with Gasteiger partial charge in [0.1, 0.15) is 0 Å². The van der Waals surface area contributed by atoms with E-state index in [1.165, 1.54) is 12.8 Å². The minimum absolute atomic E-state index is 0.229. The van der Waals surface area contributed by atoms with Gasteiger partial charge in [-0.05, 0) is 43.0 Å². The predicted octanol–water partition coefficient (Wildman–Crippen LogP) is 3.94. The highest BCUT2D eigenvalue weighted by Gasteiger charge is 2.47. The molecule has 1 aliphatic carbocycles. The summed E-state index contributed by atoms with van der Waals surface area (Å²) in [4.78, 5) is 4.11. The normalized spacial score (nSPS) is 20.0. The zero-order valence-electron chi connectivity index (χ0n) is 15.0. The van der Waals surface area contributed by atoms with Crippen LogP contribution in [0, 0.1) is 5.41 Å². The first kappa shape index (κ1) is 16.9. The molecule has 3 heterocycles. The number of nitrogens with zero attached hydrogens (tertiary/aromatic N) is 3. The van der Waals surface area contributed by atoms with Gasteiger partial charge in [-0.25, -0.2) is 4.68 Å². The molecule has 0 bridgehead atoms. The van der Waals surface area contributed by atoms with Crippen molar-refractivity contribution in [2.24, 2.45) is 5.41 Å². The number of allylic oxidation sites excluding steroid dienone is 4. The van der Waals surface area contributed by atoms with Crippen LogP contribution >= 0.6 is 0 Å². The molecule has 0 radical (unpaired) electrons. The van der Waals surface area contributed by atoms with Crippen LogP contribution in [-0.2, 0) is 9.47 Å². The minimum atomic E-state index is -0.229. The quantitative estimate of drug-likeness (QED) is 0.767. The molecule has 0 amide bonds. The maximum absolute atomic E-state index is 5.85. The van der Waals surface area contributed by atoms with Crippen molar-refractivity contribution in [1.82, 2.24) is 14.8 Å². The van der Waals surface area contributed by atoms with Crippen molar-refractivity contribution in [2.75, 3.05) is 13.2 Å². The van der Waals surface area contributed by atoms with E-state index in [-0.39, 0.29) is 6.29 Å². The molecule has 1 aliphatic heterocycles. The molecule has 0 unspecified atom stereocenters. The van der Waals surface area contributed by atoms with Crippen LogP contribution in [0.15, 0.2) is 67.3 Å². The Balaban J connectivity index is 1.36. The second-order valence-corrected chi connectivity index (χ2v) is 7.13. The van der Waals surface area contributed by atoms with E-state index in [1.807, 2.05) is 43.5 Å². The molecule has 2 aliphatic rings. The third kappa shape index (κ3) is 3.69. The summed E-state index contributed by atoms with van der Waals surface area (Å²) in [6.07, 6.45) is 15.5. The Kier molecular flexibility index (Phi) is 4.57. The van der Waals surface area contributed by atoms with E-state index in [2.05, 4.69) is 16.7 Å². The van der Waals surface area contributed by atoms with Gasteiger partial charge in [0, 0.05) is 23.4 Å². The Morgan fingerprint density at radius 1 is 1.31 bits per heavy atom. The summed E-state index contributed by atoms with van der Waals surface area (Å²) >= 11 is 0. The average molecular weight is 349 g/mol. The Morgan fingerprint density at radius 2 is 2.12 bits per heavy atom. The van der Waals surface area contributed by atoms with Crippen LogP contribution < -0.4 is 0 Å². The van der Waals surface area contributed by atoms with Gasteiger partial charge in [-0.3, -0.25) is 4.98 Å². The van der Waals surface area contributed by atoms with Crippen molar-refractivity contribution in [2.45, 2.75) is 26.1 Å². The van der Waals surface area contributed by atoms with Gasteiger partial charge in [-0.15, -0.1) is 0 Å². The maximum atomic E-state index is 5.85. The molecule has 1 spiro atoms. The van der Waals surface area contributed by atoms with Gasteiger partial charge in [-0.1, -0.05) is 24.8 Å². The van der Waals surface area contributed by atoms with Gasteiger partial charge < -0.3 is 9.47 Å². The molecule has 4 rings (SSSR count). The van der Waals surface area contributed by atoms with E-state index in [9.17, 15) is 0 Å². The van der Waals surface area contributed by atoms with E-state index >= 15 is 0 Å². The summed E-state index contributed by atoms with van der Waals surface area (Å²) < 4.78 is 13.5. The first-order chi connectivity index (χ1) is 12.7. The SMILES string of the molecule is C=C(C=CC=C(C)C1OCC2(CC2)CO1)c1cnn(-c2cccnc2)c1. The van der Waals surface area contributed by atoms with Crippen LogP contribution in [-0.4, -0.2) is 34.3 Å². The van der Waals surface area contributed by atoms with Crippen molar-refractivity contribution >= 4 is 5.57 Å². The smallest absolute Gasteiger partial charge is 0.179 e. The van der Waals surface area contributed by atoms with Crippen LogP contribution in [0.25, 0.3) is 11.3 Å². The molecule has 0 aromatic carbocycles. The van der Waals surface area contributed by atoms with Crippen molar-refractivity contribution in [3.63, 3.8) is 0 Å². The molecule has 0 atom stereocenters. The van der Waals surface area contributed by atoms with Crippen molar-refractivity contribution < 1.29 is 9.47 Å². The highest BCUT2D eigenvalue weighted by atomic mass is 16.7. The van der Waals surface area contributed by atoms with Crippen molar-refractivity contribution in [3.8, 4) is 5.69 Å². The molecule has 5 nitrogen and oxygen atoms in total. The summed E-state index contributed by atoms with van der Waals surface area (Å²) in [6.45, 7) is 7.78. The third-order valence-corrected chi connectivity index (χ3v) is 4.93. The van der Waals surface area contributed by atoms with Gasteiger partial charge in [0.15, 0.2) is 6.29 Å². The molecule has 5 heteroatoms. The number of pyridine rings is 1. The van der Waals surface area contributed by atoms with Crippen LogP contribution in [0.3, 0.4) is 0 Å². The summed E-state index contributed by atoms with van der Waals surface area (Å²) in [5.41, 5.74) is 4.18. The summed E-state index contributed by atoms with van der Waals surface area (Å²) in [5.74, 6) is 0. The molecule has 2 fully saturated rings. The van der Waals surface area contributed by atoms with Crippen LogP contribution in [0.5, 0.6) is 0 Å². The van der Waals surface area contributed by atoms with Crippen molar-refractivity contribution in [3.05, 3.63) is 72.9 Å². The van der Waals surface area contributed by atoms with Gasteiger partial charge in [0.25, 0.3) is 0 Å². The second kappa shape index (κ2) is 7.02. The topological polar surface area (TPSA) is 49.2 Å². The lowest BCUT2D eigenvalue weighted by atomic mass is 10.1. The number of hydrogen-bond donors (Lipinski definition) is 0. The fourth-order valence-corrected chi connectivity index (χ4v) is 2.93. The first-order valence-corrected chi connectivity index (χ1v) is 8.88. The Morgan fingerprint density at radius 3 is 2.81 bits per heavy atom. The fraction of sp³-hybridized carbons (Fsp3) is 0.333. The lowest BCUT2D eigenvalue weighted by Gasteiger charge is -2.29. The largest absolute Gasteiger partial charge is 0.348 e. The van der Waals surface area contributed by atoms with E-state index < -0.39 is 0 Å². The zero-order valence-corrected chi connectivity index (χ0v) is 15.0. The Bertz CT molecular complexity index is 837. The van der Waals surface area contributed by atoms with Crippen LogP contribution in [0.2, 0.25) is 0 Å². The van der Waals surface area contributed by atoms with Gasteiger partial charge in [0.05, 0.1) is 31.3 Å². The molecule has 134 valence electrons. The Labute approximate surface area is 153 Å². The van der Waals surface area contributed by atoms with E-state index in [4.69, 9.17) is 9.47 Å². The monoisotopic (exact) mass is 349 g/mol. The average Bonchev–Trinajstić information content (AvgIpc) is 3.23. The molecule has 2 aromatic heterocycles. The van der Waals surface area contributed by atoms with Gasteiger partial charge >= 0.3 is 0 Å². The van der Waals surface area contributed by atoms with Crippen molar-refractivity contribution in [1.29, 1.82) is 0 Å². The Hall–Kier alpha value is -2.50. The lowest BCUT2D eigenvalue weighted by molar-refractivity contribution is -0.187. The maximum Gasteiger partial charge on any atom is 0.179 e. The highest BCUT2D eigenvalue weighted by Crippen LogP contribution is 2.48. The molecule has 26 heavy (non-hydrogen) atoms. The van der Waals surface area contributed by atoms with Gasteiger partial charge in [0.2, 0.25) is 0 Å². The molecule has 1 saturated carbocycles. The molecular formula is C21H23N3O2. The number of ether oxygens (including phenoxy) is 2. The minimum Gasteiger partial charge on any atom is -0.348 e. The molecule has 0 N–H and O–H groups in total. The van der Waals surface area contributed by atoms with Gasteiger partial charge in [-0.2, -0.15) is 5.10 Å². The number of hydrogen-bond acceptors (Lipinski definition) is 4. The lowest BCUT2D eigenvalue weighted by Crippen LogP contribution is -2.33. The van der Waals surface area contributed by atoms with Crippen LogP contribution in [0.4, 0.5) is 0 Å². The third-order valence-electron chi connectivity index (χ3n) is 4.93. The zero-order chi connectivity index (χ0) is 18.0. The second-order valence-electron chi connectivity index (χ2n) is 7.13. The number of rotatable bonds is 5. The van der Waals surface area contributed by atoms with Crippen LogP contribution in [0.1, 0.15) is 25.3 Å². The standard InChI is InChI=1S/C21H23N3O2/c1-16(18-11-23-24(13-18)19-7-4-10-22-12-19)5-3-6-17(2)20-25-14-21(8-9-21)15-26-20/h3-7,10-13,20H,1,8-9,14-15H2,2H3. The fourth-order valence-electron chi connectivity index (χ4n) is 2.93. The molecular weight excluding hydrogens is 326 g/mol. The summed E-state index contributed by atoms with van der Waals surface area (Å²) in [7, 11) is 0. The van der Waals surface area contributed by atoms with E-state index in [0.717, 1.165) is 35.6 Å². The molecule has 1 saturated heterocycles.